The number of imide groups is 1. The van der Waals surface area contributed by atoms with Gasteiger partial charge in [0.2, 0.25) is 5.91 Å². The number of carbonyl (C=O) groups is 4. The predicted octanol–water partition coefficient (Wildman–Crippen LogP) is 0.344. The van der Waals surface area contributed by atoms with Gasteiger partial charge < -0.3 is 9.47 Å². The lowest BCUT2D eigenvalue weighted by atomic mass is 10.2. The van der Waals surface area contributed by atoms with Crippen molar-refractivity contribution in [1.82, 2.24) is 10.2 Å². The number of nitrogens with zero attached hydrogens (tertiary/aromatic N) is 1. The SMILES string of the molecule is CC(C)(C)OC(=O)N1CCC[C@H]1C(=O)O[C@H]1CC(=O)NC1=O. The maximum Gasteiger partial charge on any atom is 0.411 e. The van der Waals surface area contributed by atoms with E-state index in [0.29, 0.717) is 19.4 Å². The van der Waals surface area contributed by atoms with E-state index in [4.69, 9.17) is 9.47 Å². The van der Waals surface area contributed by atoms with Gasteiger partial charge in [-0.15, -0.1) is 0 Å². The molecule has 0 spiro atoms. The van der Waals surface area contributed by atoms with Gasteiger partial charge in [0.1, 0.15) is 11.6 Å². The largest absolute Gasteiger partial charge is 0.450 e. The fourth-order valence-electron chi connectivity index (χ4n) is 2.39. The Morgan fingerprint density at radius 2 is 1.95 bits per heavy atom. The van der Waals surface area contributed by atoms with Crippen molar-refractivity contribution < 1.29 is 28.7 Å². The van der Waals surface area contributed by atoms with E-state index < -0.39 is 41.6 Å². The van der Waals surface area contributed by atoms with Gasteiger partial charge in [-0.1, -0.05) is 0 Å². The molecule has 2 aliphatic heterocycles. The average Bonchev–Trinajstić information content (AvgIpc) is 2.94. The molecule has 0 saturated carbocycles. The number of rotatable bonds is 2. The van der Waals surface area contributed by atoms with Crippen molar-refractivity contribution in [3.63, 3.8) is 0 Å². The van der Waals surface area contributed by atoms with E-state index in [-0.39, 0.29) is 6.42 Å². The first-order valence-electron chi connectivity index (χ1n) is 7.21. The molecule has 3 amide bonds. The van der Waals surface area contributed by atoms with Crippen LogP contribution in [0.4, 0.5) is 4.79 Å². The van der Waals surface area contributed by atoms with Crippen LogP contribution in [0.1, 0.15) is 40.0 Å². The van der Waals surface area contributed by atoms with Gasteiger partial charge in [0, 0.05) is 6.54 Å². The van der Waals surface area contributed by atoms with Crippen LogP contribution in [-0.2, 0) is 23.9 Å². The van der Waals surface area contributed by atoms with Gasteiger partial charge in [0.25, 0.3) is 5.91 Å². The van der Waals surface area contributed by atoms with Gasteiger partial charge in [0.15, 0.2) is 6.10 Å². The second kappa shape index (κ2) is 5.94. The Labute approximate surface area is 128 Å². The van der Waals surface area contributed by atoms with Crippen molar-refractivity contribution >= 4 is 23.9 Å². The highest BCUT2D eigenvalue weighted by Crippen LogP contribution is 2.23. The molecule has 0 unspecified atom stereocenters. The molecule has 122 valence electrons. The minimum Gasteiger partial charge on any atom is -0.450 e. The average molecular weight is 312 g/mol. The second-order valence-corrected chi connectivity index (χ2v) is 6.37. The number of esters is 1. The summed E-state index contributed by atoms with van der Waals surface area (Å²) in [6.07, 6.45) is -0.779. The number of carbonyl (C=O) groups excluding carboxylic acids is 4. The lowest BCUT2D eigenvalue weighted by molar-refractivity contribution is -0.158. The van der Waals surface area contributed by atoms with Gasteiger partial charge >= 0.3 is 12.1 Å². The third kappa shape index (κ3) is 3.75. The molecule has 0 aromatic heterocycles. The lowest BCUT2D eigenvalue weighted by Crippen LogP contribution is -2.45. The van der Waals surface area contributed by atoms with Gasteiger partial charge in [0.05, 0.1) is 6.42 Å². The van der Waals surface area contributed by atoms with Crippen molar-refractivity contribution in [2.75, 3.05) is 6.54 Å². The van der Waals surface area contributed by atoms with Gasteiger partial charge in [-0.2, -0.15) is 0 Å². The van der Waals surface area contributed by atoms with E-state index >= 15 is 0 Å². The maximum absolute atomic E-state index is 12.2. The molecule has 0 radical (unpaired) electrons. The quantitative estimate of drug-likeness (QED) is 0.583. The zero-order chi connectivity index (χ0) is 16.5. The summed E-state index contributed by atoms with van der Waals surface area (Å²) in [5.41, 5.74) is -0.661. The molecule has 0 aliphatic carbocycles. The van der Waals surface area contributed by atoms with E-state index in [9.17, 15) is 19.2 Å². The van der Waals surface area contributed by atoms with Crippen LogP contribution in [0.15, 0.2) is 0 Å². The highest BCUT2D eigenvalue weighted by molar-refractivity contribution is 6.05. The molecule has 1 N–H and O–H groups in total. The number of ether oxygens (including phenoxy) is 2. The summed E-state index contributed by atoms with van der Waals surface area (Å²) in [4.78, 5) is 48.1. The van der Waals surface area contributed by atoms with E-state index in [0.717, 1.165) is 0 Å². The maximum atomic E-state index is 12.2. The van der Waals surface area contributed by atoms with E-state index in [1.807, 2.05) is 0 Å². The number of hydrogen-bond donors (Lipinski definition) is 1. The Morgan fingerprint density at radius 1 is 1.27 bits per heavy atom. The summed E-state index contributed by atoms with van der Waals surface area (Å²) in [7, 11) is 0. The van der Waals surface area contributed by atoms with Crippen LogP contribution in [-0.4, -0.2) is 53.1 Å². The second-order valence-electron chi connectivity index (χ2n) is 6.37. The van der Waals surface area contributed by atoms with Crippen LogP contribution in [0.2, 0.25) is 0 Å². The van der Waals surface area contributed by atoms with Crippen LogP contribution in [0.25, 0.3) is 0 Å². The number of hydrogen-bond acceptors (Lipinski definition) is 6. The molecular weight excluding hydrogens is 292 g/mol. The zero-order valence-corrected chi connectivity index (χ0v) is 12.9. The van der Waals surface area contributed by atoms with Crippen molar-refractivity contribution in [3.8, 4) is 0 Å². The van der Waals surface area contributed by atoms with Crippen LogP contribution >= 0.6 is 0 Å². The van der Waals surface area contributed by atoms with Crippen LogP contribution in [0.3, 0.4) is 0 Å². The molecule has 22 heavy (non-hydrogen) atoms. The fourth-order valence-corrected chi connectivity index (χ4v) is 2.39. The predicted molar refractivity (Wildman–Crippen MR) is 73.6 cm³/mol. The molecule has 8 heteroatoms. The molecule has 0 bridgehead atoms. The highest BCUT2D eigenvalue weighted by atomic mass is 16.6. The third-order valence-electron chi connectivity index (χ3n) is 3.34. The first-order valence-corrected chi connectivity index (χ1v) is 7.21. The summed E-state index contributed by atoms with van der Waals surface area (Å²) in [6, 6.07) is -0.779. The summed E-state index contributed by atoms with van der Waals surface area (Å²) < 4.78 is 10.3. The van der Waals surface area contributed by atoms with Crippen LogP contribution < -0.4 is 5.32 Å². The summed E-state index contributed by atoms with van der Waals surface area (Å²) >= 11 is 0. The van der Waals surface area contributed by atoms with Gasteiger partial charge in [-0.05, 0) is 33.6 Å². The fraction of sp³-hybridized carbons (Fsp3) is 0.714. The molecule has 2 atom stereocenters. The molecular formula is C14H20N2O6. The summed E-state index contributed by atoms with van der Waals surface area (Å²) in [5, 5.41) is 2.07. The molecule has 2 fully saturated rings. The minimum absolute atomic E-state index is 0.177. The Bertz CT molecular complexity index is 510. The standard InChI is InChI=1S/C14H20N2O6/c1-14(2,3)22-13(20)16-6-4-5-8(16)12(19)21-9-7-10(17)15-11(9)18/h8-9H,4-7H2,1-3H3,(H,15,17,18)/t8-,9-/m0/s1. The van der Waals surface area contributed by atoms with Gasteiger partial charge in [-0.3, -0.25) is 19.8 Å². The molecule has 2 saturated heterocycles. The van der Waals surface area contributed by atoms with Crippen molar-refractivity contribution in [2.24, 2.45) is 0 Å². The van der Waals surface area contributed by atoms with E-state index in [2.05, 4.69) is 5.32 Å². The summed E-state index contributed by atoms with van der Waals surface area (Å²) in [6.45, 7) is 5.61. The minimum atomic E-state index is -1.11. The first kappa shape index (κ1) is 16.3. The molecule has 2 aliphatic rings. The number of amides is 3. The van der Waals surface area contributed by atoms with Crippen molar-refractivity contribution in [2.45, 2.75) is 57.8 Å². The molecule has 0 aromatic rings. The Balaban J connectivity index is 1.98. The molecule has 2 heterocycles. The normalized spacial score (nSPS) is 25.1. The van der Waals surface area contributed by atoms with E-state index in [1.165, 1.54) is 4.90 Å². The van der Waals surface area contributed by atoms with Crippen LogP contribution in [0.5, 0.6) is 0 Å². The topological polar surface area (TPSA) is 102 Å². The molecule has 0 aromatic carbocycles. The Hall–Kier alpha value is -2.12. The first-order chi connectivity index (χ1) is 10.2. The molecule has 8 nitrogen and oxygen atoms in total. The zero-order valence-electron chi connectivity index (χ0n) is 12.9. The Morgan fingerprint density at radius 3 is 2.50 bits per heavy atom. The monoisotopic (exact) mass is 312 g/mol. The highest BCUT2D eigenvalue weighted by Gasteiger charge is 2.41. The summed E-state index contributed by atoms with van der Waals surface area (Å²) in [5.74, 6) is -1.78. The molecule has 2 rings (SSSR count). The van der Waals surface area contributed by atoms with Crippen molar-refractivity contribution in [1.29, 1.82) is 0 Å². The Kier molecular flexibility index (Phi) is 4.39. The van der Waals surface area contributed by atoms with Gasteiger partial charge in [-0.25, -0.2) is 9.59 Å². The number of likely N-dealkylation sites (tertiary alicyclic amines) is 1. The lowest BCUT2D eigenvalue weighted by Gasteiger charge is -2.27. The van der Waals surface area contributed by atoms with Crippen molar-refractivity contribution in [3.05, 3.63) is 0 Å². The number of nitrogens with one attached hydrogen (secondary N) is 1. The third-order valence-corrected chi connectivity index (χ3v) is 3.34. The smallest absolute Gasteiger partial charge is 0.411 e. The van der Waals surface area contributed by atoms with E-state index in [1.54, 1.807) is 20.8 Å². The van der Waals surface area contributed by atoms with Crippen LogP contribution in [0, 0.1) is 0 Å².